The summed E-state index contributed by atoms with van der Waals surface area (Å²) >= 11 is 1.19. The first kappa shape index (κ1) is 20.3. The molecule has 27 heavy (non-hydrogen) atoms. The van der Waals surface area contributed by atoms with Crippen molar-refractivity contribution in [1.29, 1.82) is 0 Å². The van der Waals surface area contributed by atoms with Crippen molar-refractivity contribution in [2.24, 2.45) is 11.8 Å². The second-order valence-corrected chi connectivity index (χ2v) is 10.4. The maximum absolute atomic E-state index is 12.5. The summed E-state index contributed by atoms with van der Waals surface area (Å²) in [4.78, 5) is 26.2. The molecule has 0 bridgehead atoms. The van der Waals surface area contributed by atoms with Crippen LogP contribution < -0.4 is 0 Å². The number of nitrogens with zero attached hydrogens (tertiary/aromatic N) is 2. The largest absolute Gasteiger partial charge is 0.455 e. The second-order valence-electron chi connectivity index (χ2n) is 7.31. The molecule has 0 saturated carbocycles. The fraction of sp³-hybridized carbons (Fsp3) is 0.667. The van der Waals surface area contributed by atoms with E-state index in [4.69, 9.17) is 4.74 Å². The number of carbonyl (C=O) groups is 2. The first-order valence-electron chi connectivity index (χ1n) is 9.36. The number of hydrogen-bond donors (Lipinski definition) is 0. The molecule has 1 aromatic rings. The molecule has 2 aliphatic heterocycles. The van der Waals surface area contributed by atoms with Gasteiger partial charge in [-0.15, -0.1) is 11.3 Å². The Bertz CT molecular complexity index is 755. The Kier molecular flexibility index (Phi) is 6.54. The Hall–Kier alpha value is -1.45. The molecular weight excluding hydrogens is 388 g/mol. The minimum atomic E-state index is -3.47. The first-order valence-corrected chi connectivity index (χ1v) is 11.7. The molecule has 0 unspecified atom stereocenters. The van der Waals surface area contributed by atoms with Crippen molar-refractivity contribution in [3.63, 3.8) is 0 Å². The molecule has 2 fully saturated rings. The average Bonchev–Trinajstić information content (AvgIpc) is 3.21. The molecule has 1 amide bonds. The third-order valence-electron chi connectivity index (χ3n) is 5.22. The molecule has 7 nitrogen and oxygen atoms in total. The number of thiophene rings is 1. The molecule has 2 saturated heterocycles. The molecule has 3 heterocycles. The summed E-state index contributed by atoms with van der Waals surface area (Å²) < 4.78 is 32.0. The molecule has 3 rings (SSSR count). The molecule has 0 radical (unpaired) electrons. The zero-order valence-electron chi connectivity index (χ0n) is 15.5. The molecule has 0 N–H and O–H groups in total. The fourth-order valence-corrected chi connectivity index (χ4v) is 6.24. The zero-order valence-corrected chi connectivity index (χ0v) is 17.1. The molecule has 0 aliphatic carbocycles. The monoisotopic (exact) mass is 414 g/mol. The quantitative estimate of drug-likeness (QED) is 0.688. The zero-order chi connectivity index (χ0) is 19.4. The van der Waals surface area contributed by atoms with Crippen molar-refractivity contribution < 1.29 is 22.7 Å². The topological polar surface area (TPSA) is 84.0 Å². The van der Waals surface area contributed by atoms with Crippen LogP contribution in [0.1, 0.15) is 32.6 Å². The van der Waals surface area contributed by atoms with E-state index in [1.165, 1.54) is 15.6 Å². The summed E-state index contributed by atoms with van der Waals surface area (Å²) in [5.41, 5.74) is 0. The van der Waals surface area contributed by atoms with E-state index < -0.39 is 16.0 Å². The predicted molar refractivity (Wildman–Crippen MR) is 102 cm³/mol. The fourth-order valence-electron chi connectivity index (χ4n) is 3.63. The van der Waals surface area contributed by atoms with Gasteiger partial charge in [0.2, 0.25) is 0 Å². The van der Waals surface area contributed by atoms with Crippen LogP contribution in [-0.2, 0) is 24.3 Å². The predicted octanol–water partition coefficient (Wildman–Crippen LogP) is 1.95. The van der Waals surface area contributed by atoms with Gasteiger partial charge in [0, 0.05) is 26.2 Å². The van der Waals surface area contributed by atoms with E-state index in [2.05, 4.69) is 6.92 Å². The third kappa shape index (κ3) is 4.89. The number of rotatable bonds is 5. The number of carbonyl (C=O) groups excluding carboxylic acids is 2. The van der Waals surface area contributed by atoms with Crippen LogP contribution in [0.25, 0.3) is 0 Å². The molecule has 1 aromatic heterocycles. The smallest absolute Gasteiger partial charge is 0.309 e. The molecule has 2 aliphatic rings. The minimum absolute atomic E-state index is 0.146. The molecule has 1 atom stereocenters. The highest BCUT2D eigenvalue weighted by molar-refractivity contribution is 7.91. The van der Waals surface area contributed by atoms with Gasteiger partial charge in [-0.2, -0.15) is 4.31 Å². The van der Waals surface area contributed by atoms with Gasteiger partial charge in [0.15, 0.2) is 6.61 Å². The molecular formula is C18H26N2O5S2. The van der Waals surface area contributed by atoms with Gasteiger partial charge in [-0.25, -0.2) is 8.42 Å². The van der Waals surface area contributed by atoms with Gasteiger partial charge >= 0.3 is 5.97 Å². The molecule has 0 spiro atoms. The van der Waals surface area contributed by atoms with Crippen LogP contribution in [0.5, 0.6) is 0 Å². The number of amides is 1. The number of esters is 1. The minimum Gasteiger partial charge on any atom is -0.455 e. The second kappa shape index (κ2) is 8.70. The maximum Gasteiger partial charge on any atom is 0.309 e. The van der Waals surface area contributed by atoms with Crippen LogP contribution in [0.4, 0.5) is 0 Å². The number of hydrogen-bond acceptors (Lipinski definition) is 6. The Balaban J connectivity index is 1.45. The van der Waals surface area contributed by atoms with E-state index in [-0.39, 0.29) is 31.5 Å². The standard InChI is InChI=1S/C18H26N2O5S2/c1-14-4-2-8-19(12-14)16(21)13-25-18(22)15-6-9-20(10-7-15)27(23,24)17-5-3-11-26-17/h3,5,11,14-15H,2,4,6-10,12-13H2,1H3/t14-/m1/s1. The summed E-state index contributed by atoms with van der Waals surface area (Å²) in [6.07, 6.45) is 2.94. The van der Waals surface area contributed by atoms with Crippen molar-refractivity contribution >= 4 is 33.2 Å². The number of ether oxygens (including phenoxy) is 1. The summed E-state index contributed by atoms with van der Waals surface area (Å²) in [6.45, 7) is 3.91. The SMILES string of the molecule is C[C@@H]1CCCN(C(=O)COC(=O)C2CCN(S(=O)(=O)c3cccs3)CC2)C1. The first-order chi connectivity index (χ1) is 12.9. The molecule has 150 valence electrons. The summed E-state index contributed by atoms with van der Waals surface area (Å²) in [5.74, 6) is -0.421. The molecule has 0 aromatic carbocycles. The van der Waals surface area contributed by atoms with E-state index in [1.807, 2.05) is 0 Å². The van der Waals surface area contributed by atoms with Crippen molar-refractivity contribution in [2.45, 2.75) is 36.8 Å². The van der Waals surface area contributed by atoms with Gasteiger partial charge in [-0.1, -0.05) is 13.0 Å². The normalized spacial score (nSPS) is 22.6. The van der Waals surface area contributed by atoms with E-state index in [0.29, 0.717) is 23.0 Å². The highest BCUT2D eigenvalue weighted by Crippen LogP contribution is 2.27. The maximum atomic E-state index is 12.5. The lowest BCUT2D eigenvalue weighted by Crippen LogP contribution is -2.43. The van der Waals surface area contributed by atoms with Crippen LogP contribution in [0.15, 0.2) is 21.7 Å². The average molecular weight is 415 g/mol. The number of piperidine rings is 2. The van der Waals surface area contributed by atoms with E-state index in [0.717, 1.165) is 25.9 Å². The lowest BCUT2D eigenvalue weighted by atomic mass is 9.98. The number of sulfonamides is 1. The van der Waals surface area contributed by atoms with Crippen LogP contribution in [-0.4, -0.2) is 62.3 Å². The van der Waals surface area contributed by atoms with Gasteiger partial charge in [0.25, 0.3) is 15.9 Å². The van der Waals surface area contributed by atoms with Gasteiger partial charge in [0.1, 0.15) is 4.21 Å². The van der Waals surface area contributed by atoms with Crippen molar-refractivity contribution in [1.82, 2.24) is 9.21 Å². The van der Waals surface area contributed by atoms with E-state index in [9.17, 15) is 18.0 Å². The van der Waals surface area contributed by atoms with Crippen molar-refractivity contribution in [3.05, 3.63) is 17.5 Å². The van der Waals surface area contributed by atoms with Gasteiger partial charge in [0.05, 0.1) is 5.92 Å². The lowest BCUT2D eigenvalue weighted by Gasteiger charge is -2.31. The van der Waals surface area contributed by atoms with Crippen LogP contribution in [0.2, 0.25) is 0 Å². The number of likely N-dealkylation sites (tertiary alicyclic amines) is 1. The lowest BCUT2D eigenvalue weighted by molar-refractivity contribution is -0.157. The van der Waals surface area contributed by atoms with Crippen LogP contribution in [0, 0.1) is 11.8 Å². The molecule has 9 heteroatoms. The third-order valence-corrected chi connectivity index (χ3v) is 8.50. The summed E-state index contributed by atoms with van der Waals surface area (Å²) in [5, 5.41) is 1.73. The van der Waals surface area contributed by atoms with Gasteiger partial charge < -0.3 is 9.64 Å². The summed E-state index contributed by atoms with van der Waals surface area (Å²) in [7, 11) is -3.47. The highest BCUT2D eigenvalue weighted by atomic mass is 32.2. The Morgan fingerprint density at radius 3 is 2.59 bits per heavy atom. The van der Waals surface area contributed by atoms with Crippen LogP contribution in [0.3, 0.4) is 0 Å². The Morgan fingerprint density at radius 1 is 1.22 bits per heavy atom. The van der Waals surface area contributed by atoms with E-state index in [1.54, 1.807) is 22.4 Å². The summed E-state index contributed by atoms with van der Waals surface area (Å²) in [6, 6.07) is 3.30. The van der Waals surface area contributed by atoms with Gasteiger partial charge in [-0.3, -0.25) is 9.59 Å². The Morgan fingerprint density at radius 2 is 1.96 bits per heavy atom. The van der Waals surface area contributed by atoms with Crippen LogP contribution >= 0.6 is 11.3 Å². The van der Waals surface area contributed by atoms with Crippen molar-refractivity contribution in [2.75, 3.05) is 32.8 Å². The van der Waals surface area contributed by atoms with Gasteiger partial charge in [-0.05, 0) is 43.0 Å². The van der Waals surface area contributed by atoms with Crippen molar-refractivity contribution in [3.8, 4) is 0 Å². The Labute approximate surface area is 164 Å². The van der Waals surface area contributed by atoms with E-state index >= 15 is 0 Å². The highest BCUT2D eigenvalue weighted by Gasteiger charge is 2.33.